The normalized spacial score (nSPS) is 17.4. The summed E-state index contributed by atoms with van der Waals surface area (Å²) in [6.07, 6.45) is 3.79. The number of rotatable bonds is 11. The lowest BCUT2D eigenvalue weighted by Crippen LogP contribution is -2.45. The van der Waals surface area contributed by atoms with Gasteiger partial charge in [0, 0.05) is 7.11 Å². The molecule has 0 aliphatic heterocycles. The van der Waals surface area contributed by atoms with Crippen LogP contribution >= 0.6 is 0 Å². The lowest BCUT2D eigenvalue weighted by Gasteiger charge is -2.29. The van der Waals surface area contributed by atoms with Crippen LogP contribution in [0.3, 0.4) is 0 Å². The molecule has 0 radical (unpaired) electrons. The van der Waals surface area contributed by atoms with Crippen LogP contribution in [0.25, 0.3) is 0 Å². The summed E-state index contributed by atoms with van der Waals surface area (Å²) < 4.78 is 5.63. The maximum Gasteiger partial charge on any atom is 0.225 e. The Morgan fingerprint density at radius 1 is 1.16 bits per heavy atom. The second kappa shape index (κ2) is 11.3. The highest BCUT2D eigenvalue weighted by Crippen LogP contribution is 2.23. The van der Waals surface area contributed by atoms with Crippen molar-refractivity contribution < 1.29 is 14.6 Å². The van der Waals surface area contributed by atoms with Crippen molar-refractivity contribution in [1.29, 1.82) is 0 Å². The third-order valence-electron chi connectivity index (χ3n) is 4.99. The SMILES string of the molecule is CCCCCC(C)C(OC)C(C)C(=O)NC(C)C(O)c1ccccc1. The Balaban J connectivity index is 2.61. The number of hydrogen-bond acceptors (Lipinski definition) is 3. The zero-order valence-corrected chi connectivity index (χ0v) is 16.4. The summed E-state index contributed by atoms with van der Waals surface area (Å²) in [4.78, 5) is 12.6. The molecule has 5 unspecified atom stereocenters. The molecule has 1 aromatic carbocycles. The van der Waals surface area contributed by atoms with Crippen molar-refractivity contribution in [3.8, 4) is 0 Å². The first-order valence-corrected chi connectivity index (χ1v) is 9.48. The van der Waals surface area contributed by atoms with Gasteiger partial charge in [0.25, 0.3) is 0 Å². The molecule has 1 rings (SSSR count). The molecule has 4 nitrogen and oxygen atoms in total. The van der Waals surface area contributed by atoms with E-state index in [4.69, 9.17) is 4.74 Å². The molecule has 2 N–H and O–H groups in total. The first-order chi connectivity index (χ1) is 11.9. The molecule has 25 heavy (non-hydrogen) atoms. The van der Waals surface area contributed by atoms with E-state index in [-0.39, 0.29) is 24.0 Å². The summed E-state index contributed by atoms with van der Waals surface area (Å²) in [5, 5.41) is 13.4. The van der Waals surface area contributed by atoms with Gasteiger partial charge in [-0.1, -0.05) is 70.4 Å². The second-order valence-electron chi connectivity index (χ2n) is 7.11. The molecule has 0 aliphatic carbocycles. The monoisotopic (exact) mass is 349 g/mol. The molecule has 0 saturated carbocycles. The van der Waals surface area contributed by atoms with Gasteiger partial charge in [0.15, 0.2) is 0 Å². The molecule has 0 fully saturated rings. The summed E-state index contributed by atoms with van der Waals surface area (Å²) in [5.74, 6) is -0.00428. The fourth-order valence-electron chi connectivity index (χ4n) is 3.33. The van der Waals surface area contributed by atoms with Crippen molar-refractivity contribution in [3.63, 3.8) is 0 Å². The minimum absolute atomic E-state index is 0.0725. The van der Waals surface area contributed by atoms with Crippen molar-refractivity contribution in [3.05, 3.63) is 35.9 Å². The maximum atomic E-state index is 12.6. The summed E-state index contributed by atoms with van der Waals surface area (Å²) in [7, 11) is 1.67. The smallest absolute Gasteiger partial charge is 0.225 e. The lowest BCUT2D eigenvalue weighted by atomic mass is 9.88. The molecule has 0 aliphatic rings. The first-order valence-electron chi connectivity index (χ1n) is 9.48. The summed E-state index contributed by atoms with van der Waals surface area (Å²) in [6.45, 7) is 8.07. The number of benzene rings is 1. The zero-order valence-electron chi connectivity index (χ0n) is 16.4. The average molecular weight is 350 g/mol. The number of nitrogens with one attached hydrogen (secondary N) is 1. The Hall–Kier alpha value is -1.39. The fraction of sp³-hybridized carbons (Fsp3) is 0.667. The highest BCUT2D eigenvalue weighted by Gasteiger charge is 2.30. The summed E-state index contributed by atoms with van der Waals surface area (Å²) >= 11 is 0. The van der Waals surface area contributed by atoms with Crippen LogP contribution in [0.2, 0.25) is 0 Å². The van der Waals surface area contributed by atoms with Gasteiger partial charge < -0.3 is 15.2 Å². The van der Waals surface area contributed by atoms with Crippen molar-refractivity contribution in [2.45, 2.75) is 71.6 Å². The average Bonchev–Trinajstić information content (AvgIpc) is 2.62. The Morgan fingerprint density at radius 3 is 2.36 bits per heavy atom. The fourth-order valence-corrected chi connectivity index (χ4v) is 3.33. The van der Waals surface area contributed by atoms with E-state index in [0.717, 1.165) is 18.4 Å². The Kier molecular flexibility index (Phi) is 9.76. The van der Waals surface area contributed by atoms with Crippen LogP contribution in [-0.4, -0.2) is 30.3 Å². The van der Waals surface area contributed by atoms with Gasteiger partial charge in [0.05, 0.1) is 24.2 Å². The van der Waals surface area contributed by atoms with Gasteiger partial charge in [-0.15, -0.1) is 0 Å². The highest BCUT2D eigenvalue weighted by atomic mass is 16.5. The van der Waals surface area contributed by atoms with Crippen LogP contribution in [0, 0.1) is 11.8 Å². The summed E-state index contributed by atoms with van der Waals surface area (Å²) in [5.41, 5.74) is 0.805. The van der Waals surface area contributed by atoms with Crippen molar-refractivity contribution in [1.82, 2.24) is 5.32 Å². The molecule has 1 amide bonds. The predicted octanol–water partition coefficient (Wildman–Crippen LogP) is 4.09. The van der Waals surface area contributed by atoms with Gasteiger partial charge in [0.2, 0.25) is 5.91 Å². The number of aliphatic hydroxyl groups excluding tert-OH is 1. The molecule has 0 saturated heterocycles. The standard InChI is InChI=1S/C21H35NO3/c1-6-7-9-12-15(2)20(25-5)16(3)21(24)22-17(4)19(23)18-13-10-8-11-14-18/h8,10-11,13-17,19-20,23H,6-7,9,12H2,1-5H3,(H,22,24). The quantitative estimate of drug-likeness (QED) is 0.592. The molecular formula is C21H35NO3. The van der Waals surface area contributed by atoms with E-state index in [1.54, 1.807) is 7.11 Å². The maximum absolute atomic E-state index is 12.6. The van der Waals surface area contributed by atoms with Gasteiger partial charge >= 0.3 is 0 Å². The number of ether oxygens (including phenoxy) is 1. The number of carbonyl (C=O) groups excluding carboxylic acids is 1. The second-order valence-corrected chi connectivity index (χ2v) is 7.11. The molecule has 0 aromatic heterocycles. The van der Waals surface area contributed by atoms with E-state index in [1.807, 2.05) is 44.2 Å². The molecule has 0 spiro atoms. The van der Waals surface area contributed by atoms with Crippen LogP contribution < -0.4 is 5.32 Å². The molecule has 4 heteroatoms. The Morgan fingerprint density at radius 2 is 1.80 bits per heavy atom. The van der Waals surface area contributed by atoms with E-state index in [0.29, 0.717) is 5.92 Å². The van der Waals surface area contributed by atoms with E-state index in [2.05, 4.69) is 19.2 Å². The molecule has 0 heterocycles. The highest BCUT2D eigenvalue weighted by molar-refractivity contribution is 5.79. The number of carbonyl (C=O) groups is 1. The molecule has 5 atom stereocenters. The number of methoxy groups -OCH3 is 1. The van der Waals surface area contributed by atoms with E-state index >= 15 is 0 Å². The van der Waals surface area contributed by atoms with E-state index in [9.17, 15) is 9.90 Å². The third-order valence-corrected chi connectivity index (χ3v) is 4.99. The Labute approximate surface area is 153 Å². The predicted molar refractivity (Wildman–Crippen MR) is 102 cm³/mol. The van der Waals surface area contributed by atoms with Gasteiger partial charge in [-0.2, -0.15) is 0 Å². The van der Waals surface area contributed by atoms with Crippen LogP contribution in [-0.2, 0) is 9.53 Å². The molecule has 0 bridgehead atoms. The van der Waals surface area contributed by atoms with Crippen LogP contribution in [0.15, 0.2) is 30.3 Å². The third kappa shape index (κ3) is 6.79. The van der Waals surface area contributed by atoms with Gasteiger partial charge in [-0.05, 0) is 24.8 Å². The molecule has 142 valence electrons. The van der Waals surface area contributed by atoms with Gasteiger partial charge in [-0.3, -0.25) is 4.79 Å². The lowest BCUT2D eigenvalue weighted by molar-refractivity contribution is -0.131. The largest absolute Gasteiger partial charge is 0.386 e. The Bertz CT molecular complexity index is 491. The minimum Gasteiger partial charge on any atom is -0.386 e. The molecular weight excluding hydrogens is 314 g/mol. The van der Waals surface area contributed by atoms with Gasteiger partial charge in [-0.25, -0.2) is 0 Å². The number of unbranched alkanes of at least 4 members (excludes halogenated alkanes) is 2. The summed E-state index contributed by atoms with van der Waals surface area (Å²) in [6, 6.07) is 9.05. The van der Waals surface area contributed by atoms with E-state index in [1.165, 1.54) is 12.8 Å². The number of aliphatic hydroxyl groups is 1. The van der Waals surface area contributed by atoms with Crippen LogP contribution in [0.4, 0.5) is 0 Å². The minimum atomic E-state index is -0.722. The number of amides is 1. The van der Waals surface area contributed by atoms with Crippen molar-refractivity contribution in [2.75, 3.05) is 7.11 Å². The topological polar surface area (TPSA) is 58.6 Å². The van der Waals surface area contributed by atoms with Crippen molar-refractivity contribution >= 4 is 5.91 Å². The van der Waals surface area contributed by atoms with Gasteiger partial charge in [0.1, 0.15) is 0 Å². The zero-order chi connectivity index (χ0) is 18.8. The van der Waals surface area contributed by atoms with Crippen LogP contribution in [0.1, 0.15) is 65.0 Å². The van der Waals surface area contributed by atoms with E-state index < -0.39 is 6.10 Å². The van der Waals surface area contributed by atoms with Crippen LogP contribution in [0.5, 0.6) is 0 Å². The molecule has 1 aromatic rings. The first kappa shape index (κ1) is 21.7. The number of hydrogen-bond donors (Lipinski definition) is 2. The van der Waals surface area contributed by atoms with Crippen molar-refractivity contribution in [2.24, 2.45) is 11.8 Å².